The minimum atomic E-state index is -0.0198. The van der Waals surface area contributed by atoms with E-state index in [1.54, 1.807) is 0 Å². The van der Waals surface area contributed by atoms with Gasteiger partial charge in [0, 0.05) is 33.5 Å². The second kappa shape index (κ2) is 16.4. The van der Waals surface area contributed by atoms with Gasteiger partial charge in [-0.15, -0.1) is 11.8 Å². The maximum atomic E-state index is 3.94. The Kier molecular flexibility index (Phi) is 12.1. The van der Waals surface area contributed by atoms with Crippen LogP contribution in [0.5, 0.6) is 0 Å². The molecule has 0 saturated heterocycles. The number of hydrogen-bond donors (Lipinski definition) is 0. The van der Waals surface area contributed by atoms with E-state index >= 15 is 0 Å². The Morgan fingerprint density at radius 2 is 1.69 bits per heavy atom. The minimum Gasteiger partial charge on any atom is -0.317 e. The highest BCUT2D eigenvalue weighted by molar-refractivity contribution is 8.00. The predicted molar refractivity (Wildman–Crippen MR) is 219 cm³/mol. The SMILES string of the molecule is C=C/C=C\C1=C(C)C2=C(C=CC3C/C=C\C=C(\N(/C(C)=C/C=C(\C)c4cccc(/C(C)=C/C=C\CC)c4)c4ccccc4)CSC23)C1(C)C. The number of allylic oxidation sites excluding steroid dienone is 19. The first-order valence-corrected chi connectivity index (χ1v) is 18.8. The van der Waals surface area contributed by atoms with Crippen molar-refractivity contribution in [2.24, 2.45) is 11.3 Å². The Morgan fingerprint density at radius 1 is 0.959 bits per heavy atom. The average Bonchev–Trinajstić information content (AvgIpc) is 3.36. The Morgan fingerprint density at radius 3 is 2.41 bits per heavy atom. The molecule has 2 unspecified atom stereocenters. The van der Waals surface area contributed by atoms with E-state index in [9.17, 15) is 0 Å². The third kappa shape index (κ3) is 8.14. The molecule has 0 spiro atoms. The molecular formula is C47H53NS. The van der Waals surface area contributed by atoms with Crippen molar-refractivity contribution in [1.29, 1.82) is 0 Å². The Balaban J connectivity index is 1.47. The number of benzene rings is 2. The molecule has 0 saturated carbocycles. The molecular weight excluding hydrogens is 611 g/mol. The molecule has 252 valence electrons. The van der Waals surface area contributed by atoms with Gasteiger partial charge in [-0.1, -0.05) is 131 Å². The van der Waals surface area contributed by atoms with E-state index in [1.807, 2.05) is 6.08 Å². The molecule has 2 atom stereocenters. The van der Waals surface area contributed by atoms with Crippen molar-refractivity contribution in [3.63, 3.8) is 0 Å². The fraction of sp³-hybridized carbons (Fsp3) is 0.277. The van der Waals surface area contributed by atoms with Gasteiger partial charge in [0.15, 0.2) is 0 Å². The number of thioether (sulfide) groups is 1. The molecule has 0 N–H and O–H groups in total. The molecule has 2 aliphatic carbocycles. The van der Waals surface area contributed by atoms with Crippen molar-refractivity contribution >= 4 is 28.6 Å². The number of rotatable bonds is 10. The van der Waals surface area contributed by atoms with Crippen molar-refractivity contribution < 1.29 is 0 Å². The van der Waals surface area contributed by atoms with Crippen molar-refractivity contribution in [3.05, 3.63) is 185 Å². The maximum absolute atomic E-state index is 3.94. The standard InChI is InChI=1S/C47H53NS/c1-9-11-14-20-34(3)39-22-19-23-40(32-39)35(4)28-29-36(5)48(41-24-15-13-16-25-41)42-26-18-17-21-38-30-31-44-45(46(38)49-33-42)37(6)43(27-12-10-2)47(44,7)8/h10-20,22-32,38,46H,2,9,21,33H2,1,3-8H3/b14-11-,18-17-,27-12-,34-20+,35-28+,36-29+,42-26+. The van der Waals surface area contributed by atoms with Crippen LogP contribution in [0, 0.1) is 11.3 Å². The van der Waals surface area contributed by atoms with Crippen LogP contribution in [0.3, 0.4) is 0 Å². The highest BCUT2D eigenvalue weighted by Crippen LogP contribution is 2.54. The molecule has 1 heterocycles. The first-order valence-electron chi connectivity index (χ1n) is 17.7. The Bertz CT molecular complexity index is 1840. The zero-order valence-electron chi connectivity index (χ0n) is 30.5. The number of fused-ring (bicyclic) bond motifs is 2. The van der Waals surface area contributed by atoms with E-state index < -0.39 is 0 Å². The number of hydrogen-bond acceptors (Lipinski definition) is 2. The van der Waals surface area contributed by atoms with Crippen LogP contribution >= 0.6 is 11.8 Å². The van der Waals surface area contributed by atoms with Crippen molar-refractivity contribution in [3.8, 4) is 0 Å². The third-order valence-corrected chi connectivity index (χ3v) is 11.4. The summed E-state index contributed by atoms with van der Waals surface area (Å²) in [6, 6.07) is 19.7. The van der Waals surface area contributed by atoms with Gasteiger partial charge in [0.05, 0.1) is 0 Å². The molecule has 0 bridgehead atoms. The summed E-state index contributed by atoms with van der Waals surface area (Å²) in [5, 5.41) is 0.395. The van der Waals surface area contributed by atoms with Crippen molar-refractivity contribution in [1.82, 2.24) is 0 Å². The summed E-state index contributed by atoms with van der Waals surface area (Å²) in [6.45, 7) is 19.8. The van der Waals surface area contributed by atoms with Crippen LogP contribution in [0.1, 0.15) is 72.4 Å². The second-order valence-corrected chi connectivity index (χ2v) is 14.9. The summed E-state index contributed by atoms with van der Waals surface area (Å²) in [6.07, 6.45) is 31.3. The molecule has 2 heteroatoms. The van der Waals surface area contributed by atoms with Crippen LogP contribution in [-0.2, 0) is 0 Å². The molecule has 0 radical (unpaired) electrons. The van der Waals surface area contributed by atoms with Crippen LogP contribution in [0.2, 0.25) is 0 Å². The van der Waals surface area contributed by atoms with Gasteiger partial charge in [-0.05, 0) is 121 Å². The van der Waals surface area contributed by atoms with Crippen LogP contribution in [0.25, 0.3) is 11.1 Å². The molecule has 0 aromatic heterocycles. The van der Waals surface area contributed by atoms with Gasteiger partial charge in [0.2, 0.25) is 0 Å². The average molecular weight is 664 g/mol. The molecule has 0 amide bonds. The van der Waals surface area contributed by atoms with Gasteiger partial charge in [-0.2, -0.15) is 0 Å². The van der Waals surface area contributed by atoms with Gasteiger partial charge >= 0.3 is 0 Å². The lowest BCUT2D eigenvalue weighted by Crippen LogP contribution is -2.26. The molecule has 2 aromatic carbocycles. The third-order valence-electron chi connectivity index (χ3n) is 9.99. The molecule has 2 aromatic rings. The highest BCUT2D eigenvalue weighted by Gasteiger charge is 2.42. The van der Waals surface area contributed by atoms with Gasteiger partial charge < -0.3 is 4.90 Å². The molecule has 49 heavy (non-hydrogen) atoms. The zero-order valence-corrected chi connectivity index (χ0v) is 31.4. The number of nitrogens with zero attached hydrogens (tertiary/aromatic N) is 1. The fourth-order valence-electron chi connectivity index (χ4n) is 7.22. The Labute approximate surface area is 301 Å². The largest absolute Gasteiger partial charge is 0.317 e. The van der Waals surface area contributed by atoms with E-state index in [4.69, 9.17) is 0 Å². The van der Waals surface area contributed by atoms with Crippen LogP contribution < -0.4 is 4.90 Å². The number of para-hydroxylation sites is 1. The molecule has 5 rings (SSSR count). The summed E-state index contributed by atoms with van der Waals surface area (Å²) in [7, 11) is 0. The quantitative estimate of drug-likeness (QED) is 0.233. The lowest BCUT2D eigenvalue weighted by atomic mass is 9.77. The van der Waals surface area contributed by atoms with Crippen LogP contribution in [0.15, 0.2) is 174 Å². The van der Waals surface area contributed by atoms with E-state index in [0.717, 1.165) is 18.6 Å². The normalized spacial score (nSPS) is 23.2. The Hall–Kier alpha value is -4.27. The van der Waals surface area contributed by atoms with Gasteiger partial charge in [-0.25, -0.2) is 0 Å². The zero-order chi connectivity index (χ0) is 35.0. The summed E-state index contributed by atoms with van der Waals surface area (Å²) >= 11 is 2.09. The smallest absolute Gasteiger partial charge is 0.0455 e. The van der Waals surface area contributed by atoms with Crippen molar-refractivity contribution in [2.45, 2.75) is 66.6 Å². The van der Waals surface area contributed by atoms with Gasteiger partial charge in [-0.3, -0.25) is 0 Å². The minimum absolute atomic E-state index is 0.0198. The monoisotopic (exact) mass is 663 g/mol. The molecule has 3 aliphatic rings. The summed E-state index contributed by atoms with van der Waals surface area (Å²) < 4.78 is 0. The maximum Gasteiger partial charge on any atom is 0.0455 e. The summed E-state index contributed by atoms with van der Waals surface area (Å²) in [4.78, 5) is 2.44. The summed E-state index contributed by atoms with van der Waals surface area (Å²) in [5.41, 5.74) is 14.5. The first kappa shape index (κ1) is 36.0. The molecule has 0 fully saturated rings. The summed E-state index contributed by atoms with van der Waals surface area (Å²) in [5.74, 6) is 1.37. The lowest BCUT2D eigenvalue weighted by Gasteiger charge is -2.34. The molecule has 1 aliphatic heterocycles. The van der Waals surface area contributed by atoms with Crippen LogP contribution in [-0.4, -0.2) is 11.0 Å². The predicted octanol–water partition coefficient (Wildman–Crippen LogP) is 13.4. The molecule has 1 nitrogen and oxygen atoms in total. The van der Waals surface area contributed by atoms with E-state index in [0.29, 0.717) is 11.2 Å². The van der Waals surface area contributed by atoms with E-state index in [-0.39, 0.29) is 5.41 Å². The van der Waals surface area contributed by atoms with Gasteiger partial charge in [0.25, 0.3) is 0 Å². The van der Waals surface area contributed by atoms with E-state index in [2.05, 4.69) is 199 Å². The van der Waals surface area contributed by atoms with Crippen molar-refractivity contribution in [2.75, 3.05) is 10.7 Å². The van der Waals surface area contributed by atoms with E-state index in [1.165, 1.54) is 61.6 Å². The first-order chi connectivity index (χ1) is 23.7. The lowest BCUT2D eigenvalue weighted by molar-refractivity contribution is 0.562. The fourth-order valence-corrected chi connectivity index (χ4v) is 8.72. The number of anilines is 1. The van der Waals surface area contributed by atoms with Gasteiger partial charge in [0.1, 0.15) is 0 Å². The highest BCUT2D eigenvalue weighted by atomic mass is 32.2. The topological polar surface area (TPSA) is 3.24 Å². The second-order valence-electron chi connectivity index (χ2n) is 13.8. The van der Waals surface area contributed by atoms with Crippen LogP contribution in [0.4, 0.5) is 5.69 Å².